The van der Waals surface area contributed by atoms with Crippen molar-refractivity contribution in [3.05, 3.63) is 45.7 Å². The Balaban J connectivity index is 2.29. The van der Waals surface area contributed by atoms with Gasteiger partial charge in [0.15, 0.2) is 11.5 Å². The molecular weight excluding hydrogens is 411 g/mol. The summed E-state index contributed by atoms with van der Waals surface area (Å²) in [7, 11) is 1.64. The fourth-order valence-corrected chi connectivity index (χ4v) is 3.16. The number of nitrogens with zero attached hydrogens (tertiary/aromatic N) is 4. The Bertz CT molecular complexity index is 896. The van der Waals surface area contributed by atoms with Crippen LogP contribution in [-0.2, 0) is 13.2 Å². The highest BCUT2D eigenvalue weighted by Gasteiger charge is 2.40. The van der Waals surface area contributed by atoms with E-state index < -0.39 is 11.9 Å². The second-order valence-corrected chi connectivity index (χ2v) is 6.38. The van der Waals surface area contributed by atoms with Crippen molar-refractivity contribution >= 4 is 33.3 Å². The van der Waals surface area contributed by atoms with Gasteiger partial charge in [-0.2, -0.15) is 28.1 Å². The van der Waals surface area contributed by atoms with Crippen molar-refractivity contribution in [1.29, 1.82) is 0 Å². The Morgan fingerprint density at radius 1 is 1.21 bits per heavy atom. The lowest BCUT2D eigenvalue weighted by molar-refractivity contribution is -0.140. The minimum absolute atomic E-state index is 0.171. The molecule has 0 unspecified atom stereocenters. The minimum Gasteiger partial charge on any atom is -0.383 e. The van der Waals surface area contributed by atoms with Crippen LogP contribution in [0.5, 0.6) is 0 Å². The first kappa shape index (κ1) is 16.8. The number of aryl methyl sites for hydroxylation is 1. The van der Waals surface area contributed by atoms with Gasteiger partial charge in [-0.15, -0.1) is 0 Å². The number of hydrogen-bond acceptors (Lipinski definition) is 3. The average Bonchev–Trinajstić information content (AvgIpc) is 3.00. The maximum absolute atomic E-state index is 13.4. The van der Waals surface area contributed by atoms with E-state index in [0.29, 0.717) is 4.47 Å². The molecule has 0 saturated heterocycles. The van der Waals surface area contributed by atoms with Crippen LogP contribution in [0.15, 0.2) is 34.9 Å². The van der Waals surface area contributed by atoms with Crippen molar-refractivity contribution < 1.29 is 13.2 Å². The van der Waals surface area contributed by atoms with Crippen LogP contribution < -0.4 is 5.73 Å². The molecule has 0 bridgehead atoms. The molecule has 10 heteroatoms. The van der Waals surface area contributed by atoms with E-state index in [4.69, 9.17) is 17.3 Å². The zero-order valence-corrected chi connectivity index (χ0v) is 14.5. The third kappa shape index (κ3) is 3.01. The summed E-state index contributed by atoms with van der Waals surface area (Å²) in [6, 6.07) is 5.98. The molecule has 2 N–H and O–H groups in total. The lowest BCUT2D eigenvalue weighted by Gasteiger charge is -2.08. The first-order valence-corrected chi connectivity index (χ1v) is 7.76. The van der Waals surface area contributed by atoms with Gasteiger partial charge >= 0.3 is 6.18 Å². The number of nitrogen functional groups attached to an aromatic ring is 1. The van der Waals surface area contributed by atoms with E-state index in [9.17, 15) is 13.2 Å². The van der Waals surface area contributed by atoms with Crippen molar-refractivity contribution in [1.82, 2.24) is 19.6 Å². The maximum Gasteiger partial charge on any atom is 0.435 e. The number of benzene rings is 1. The predicted octanol–water partition coefficient (Wildman–Crippen LogP) is 4.29. The van der Waals surface area contributed by atoms with E-state index in [1.165, 1.54) is 22.9 Å². The summed E-state index contributed by atoms with van der Waals surface area (Å²) in [5.41, 5.74) is 4.84. The van der Waals surface area contributed by atoms with Crippen molar-refractivity contribution in [2.75, 3.05) is 5.73 Å². The summed E-state index contributed by atoms with van der Waals surface area (Å²) in [6.45, 7) is 0. The van der Waals surface area contributed by atoms with Gasteiger partial charge in [-0.3, -0.25) is 4.68 Å². The molecule has 0 fully saturated rings. The highest BCUT2D eigenvalue weighted by Crippen LogP contribution is 2.41. The van der Waals surface area contributed by atoms with Crippen LogP contribution in [0.4, 0.5) is 19.0 Å². The van der Waals surface area contributed by atoms with Gasteiger partial charge < -0.3 is 5.73 Å². The summed E-state index contributed by atoms with van der Waals surface area (Å²) in [4.78, 5) is 0. The van der Waals surface area contributed by atoms with E-state index in [1.807, 2.05) is 0 Å². The summed E-state index contributed by atoms with van der Waals surface area (Å²) < 4.78 is 43.3. The molecule has 126 valence electrons. The lowest BCUT2D eigenvalue weighted by Crippen LogP contribution is -2.09. The molecule has 0 saturated carbocycles. The highest BCUT2D eigenvalue weighted by atomic mass is 79.9. The molecule has 0 atom stereocenters. The molecule has 0 radical (unpaired) electrons. The van der Waals surface area contributed by atoms with Crippen LogP contribution in [-0.4, -0.2) is 19.6 Å². The van der Waals surface area contributed by atoms with E-state index in [0.717, 1.165) is 4.68 Å². The highest BCUT2D eigenvalue weighted by molar-refractivity contribution is 9.10. The molecule has 0 aliphatic heterocycles. The number of aromatic nitrogens is 4. The Hall–Kier alpha value is -2.00. The third-order valence-corrected chi connectivity index (χ3v) is 3.93. The van der Waals surface area contributed by atoms with Gasteiger partial charge in [0.05, 0.1) is 5.56 Å². The summed E-state index contributed by atoms with van der Waals surface area (Å²) in [5, 5.41) is 7.95. The monoisotopic (exact) mass is 419 g/mol. The number of alkyl halides is 3. The number of halogens is 5. The van der Waals surface area contributed by atoms with Crippen molar-refractivity contribution in [2.24, 2.45) is 7.05 Å². The van der Waals surface area contributed by atoms with Gasteiger partial charge in [-0.25, -0.2) is 0 Å². The van der Waals surface area contributed by atoms with Crippen LogP contribution in [0.2, 0.25) is 5.02 Å². The first-order chi connectivity index (χ1) is 11.2. The molecule has 3 aromatic rings. The molecule has 24 heavy (non-hydrogen) atoms. The molecule has 0 amide bonds. The normalized spacial score (nSPS) is 11.9. The molecular formula is C14H10BrClF3N5. The smallest absolute Gasteiger partial charge is 0.383 e. The largest absolute Gasteiger partial charge is 0.435 e. The molecule has 2 aromatic heterocycles. The van der Waals surface area contributed by atoms with Gasteiger partial charge in [0.1, 0.15) is 5.82 Å². The second-order valence-electron chi connectivity index (χ2n) is 5.02. The molecule has 0 aliphatic rings. The fourth-order valence-electron chi connectivity index (χ4n) is 2.30. The maximum atomic E-state index is 13.4. The average molecular weight is 421 g/mol. The van der Waals surface area contributed by atoms with Gasteiger partial charge in [-0.1, -0.05) is 27.5 Å². The van der Waals surface area contributed by atoms with Crippen LogP contribution in [0, 0.1) is 0 Å². The molecule has 0 spiro atoms. The second kappa shape index (κ2) is 5.82. The van der Waals surface area contributed by atoms with E-state index >= 15 is 0 Å². The Labute approximate surface area is 147 Å². The van der Waals surface area contributed by atoms with E-state index in [-0.39, 0.29) is 27.8 Å². The predicted molar refractivity (Wildman–Crippen MR) is 87.9 cm³/mol. The standard InChI is InChI=1S/C14H10BrClF3N5/c1-23-3-2-10(21-23)24-13(20)11(12(22-24)14(17,18)19)7-4-8(15)6-9(16)5-7/h2-6H,20H2,1H3. The topological polar surface area (TPSA) is 61.7 Å². The fraction of sp³-hybridized carbons (Fsp3) is 0.143. The SMILES string of the molecule is Cn1ccc(-n2nc(C(F)(F)F)c(-c3cc(Cl)cc(Br)c3)c2N)n1. The molecule has 3 rings (SSSR count). The molecule has 2 heterocycles. The third-order valence-electron chi connectivity index (χ3n) is 3.26. The van der Waals surface area contributed by atoms with Gasteiger partial charge in [0.2, 0.25) is 0 Å². The number of rotatable bonds is 2. The lowest BCUT2D eigenvalue weighted by atomic mass is 10.1. The Morgan fingerprint density at radius 2 is 1.92 bits per heavy atom. The molecule has 0 aliphatic carbocycles. The molecule has 5 nitrogen and oxygen atoms in total. The first-order valence-electron chi connectivity index (χ1n) is 6.59. The van der Waals surface area contributed by atoms with Crippen molar-refractivity contribution in [2.45, 2.75) is 6.18 Å². The van der Waals surface area contributed by atoms with Crippen LogP contribution in [0.3, 0.4) is 0 Å². The number of nitrogens with two attached hydrogens (primary N) is 1. The Morgan fingerprint density at radius 3 is 2.46 bits per heavy atom. The zero-order valence-electron chi connectivity index (χ0n) is 12.1. The summed E-state index contributed by atoms with van der Waals surface area (Å²) >= 11 is 9.17. The van der Waals surface area contributed by atoms with E-state index in [2.05, 4.69) is 26.1 Å². The Kier molecular flexibility index (Phi) is 4.08. The van der Waals surface area contributed by atoms with Gasteiger partial charge in [0, 0.05) is 28.8 Å². The molecule has 1 aromatic carbocycles. The van der Waals surface area contributed by atoms with E-state index in [1.54, 1.807) is 19.3 Å². The quantitative estimate of drug-likeness (QED) is 0.673. The van der Waals surface area contributed by atoms with Crippen molar-refractivity contribution in [3.8, 4) is 16.9 Å². The zero-order chi connectivity index (χ0) is 17.6. The van der Waals surface area contributed by atoms with Crippen molar-refractivity contribution in [3.63, 3.8) is 0 Å². The van der Waals surface area contributed by atoms with Crippen LogP contribution >= 0.6 is 27.5 Å². The van der Waals surface area contributed by atoms with Gasteiger partial charge in [0.25, 0.3) is 0 Å². The summed E-state index contributed by atoms with van der Waals surface area (Å²) in [5.74, 6) is 0.0167. The number of hydrogen-bond donors (Lipinski definition) is 1. The van der Waals surface area contributed by atoms with Crippen LogP contribution in [0.1, 0.15) is 5.69 Å². The summed E-state index contributed by atoms with van der Waals surface area (Å²) in [6.07, 6.45) is -3.10. The van der Waals surface area contributed by atoms with Gasteiger partial charge in [-0.05, 0) is 23.8 Å². The van der Waals surface area contributed by atoms with Crippen LogP contribution in [0.25, 0.3) is 16.9 Å². The minimum atomic E-state index is -4.68. The number of anilines is 1.